The number of nitrogens with zero attached hydrogens (tertiary/aromatic N) is 1. The van der Waals surface area contributed by atoms with Crippen LogP contribution in [0, 0.1) is 27.7 Å². The van der Waals surface area contributed by atoms with Gasteiger partial charge in [-0.05, 0) is 67.8 Å². The molecular weight excluding hydrogens is 498 g/mol. The van der Waals surface area contributed by atoms with Gasteiger partial charge >= 0.3 is 0 Å². The van der Waals surface area contributed by atoms with Crippen LogP contribution < -0.4 is 10.6 Å². The van der Waals surface area contributed by atoms with E-state index in [0.717, 1.165) is 28.0 Å². The predicted molar refractivity (Wildman–Crippen MR) is 135 cm³/mol. The van der Waals surface area contributed by atoms with Gasteiger partial charge < -0.3 is 20.3 Å². The number of hydrogen-bond donors (Lipinski definition) is 3. The molecule has 3 rings (SSSR count). The molecule has 1 amide bonds. The molecule has 0 spiro atoms. The van der Waals surface area contributed by atoms with Crippen molar-refractivity contribution in [1.82, 2.24) is 5.16 Å². The summed E-state index contributed by atoms with van der Waals surface area (Å²) in [5, 5.41) is 19.2. The van der Waals surface area contributed by atoms with Crippen LogP contribution in [0.4, 0.5) is 11.6 Å². The number of carbonyl (C=O) groups excluding carboxylic acids is 1. The van der Waals surface area contributed by atoms with Crippen LogP contribution in [0.3, 0.4) is 0 Å². The van der Waals surface area contributed by atoms with E-state index in [1.165, 1.54) is 6.08 Å². The van der Waals surface area contributed by atoms with Crippen molar-refractivity contribution in [3.05, 3.63) is 68.0 Å². The van der Waals surface area contributed by atoms with Crippen molar-refractivity contribution < 1.29 is 22.8 Å². The van der Waals surface area contributed by atoms with Crippen LogP contribution in [-0.4, -0.2) is 36.6 Å². The van der Waals surface area contributed by atoms with E-state index in [9.17, 15) is 18.3 Å². The highest BCUT2D eigenvalue weighted by molar-refractivity contribution is 7.92. The number of aromatic nitrogens is 1. The Labute approximate surface area is 207 Å². The van der Waals surface area contributed by atoms with Gasteiger partial charge in [0.15, 0.2) is 5.37 Å². The van der Waals surface area contributed by atoms with Gasteiger partial charge in [-0.15, -0.1) is 11.3 Å². The van der Waals surface area contributed by atoms with Gasteiger partial charge in [-0.1, -0.05) is 35.5 Å². The van der Waals surface area contributed by atoms with Gasteiger partial charge in [0.05, 0.1) is 4.90 Å². The Hall–Kier alpha value is -2.66. The molecule has 1 aromatic carbocycles. The fourth-order valence-electron chi connectivity index (χ4n) is 3.64. The molecule has 34 heavy (non-hydrogen) atoms. The Morgan fingerprint density at radius 2 is 2.00 bits per heavy atom. The van der Waals surface area contributed by atoms with Crippen LogP contribution in [0.5, 0.6) is 0 Å². The summed E-state index contributed by atoms with van der Waals surface area (Å²) in [4.78, 5) is 13.2. The van der Waals surface area contributed by atoms with Gasteiger partial charge in [0.25, 0.3) is 5.91 Å². The van der Waals surface area contributed by atoms with Gasteiger partial charge in [0.2, 0.25) is 15.7 Å². The van der Waals surface area contributed by atoms with Crippen LogP contribution in [0.25, 0.3) is 0 Å². The van der Waals surface area contributed by atoms with Crippen LogP contribution in [-0.2, 0) is 16.3 Å². The minimum atomic E-state index is -4.11. The van der Waals surface area contributed by atoms with Crippen LogP contribution in [0.2, 0.25) is 5.02 Å². The minimum Gasteiger partial charge on any atom is -0.396 e. The van der Waals surface area contributed by atoms with E-state index in [4.69, 9.17) is 16.1 Å². The van der Waals surface area contributed by atoms with Gasteiger partial charge in [-0.3, -0.25) is 4.79 Å². The number of amides is 1. The topological polar surface area (TPSA) is 122 Å². The number of halogens is 1. The van der Waals surface area contributed by atoms with Crippen molar-refractivity contribution in [2.75, 3.05) is 17.2 Å². The molecule has 3 aromatic rings. The molecule has 1 atom stereocenters. The SMILES string of the molecule is C=CC(Nc1onc(C)c1Cl)S(=O)(=O)c1c(C)csc1C(=O)Nc1cc(C)cc(C)c1CCO. The van der Waals surface area contributed by atoms with E-state index in [1.54, 1.807) is 25.3 Å². The first-order chi connectivity index (χ1) is 16.0. The number of aliphatic hydroxyl groups is 1. The van der Waals surface area contributed by atoms with Gasteiger partial charge in [0, 0.05) is 12.3 Å². The van der Waals surface area contributed by atoms with Crippen molar-refractivity contribution in [2.24, 2.45) is 0 Å². The third kappa shape index (κ3) is 5.05. The van der Waals surface area contributed by atoms with Crippen molar-refractivity contribution in [3.8, 4) is 0 Å². The fraction of sp³-hybridized carbons (Fsp3) is 0.304. The monoisotopic (exact) mass is 523 g/mol. The number of aliphatic hydroxyl groups excluding tert-OH is 1. The third-order valence-corrected chi connectivity index (χ3v) is 8.99. The van der Waals surface area contributed by atoms with E-state index in [0.29, 0.717) is 23.4 Å². The Bertz CT molecular complexity index is 1340. The fourth-order valence-corrected chi connectivity index (χ4v) is 6.80. The van der Waals surface area contributed by atoms with Crippen molar-refractivity contribution >= 4 is 50.3 Å². The maximum absolute atomic E-state index is 13.6. The molecule has 11 heteroatoms. The first-order valence-corrected chi connectivity index (χ1v) is 13.2. The van der Waals surface area contributed by atoms with Crippen LogP contribution in [0.15, 0.2) is 39.6 Å². The van der Waals surface area contributed by atoms with Crippen LogP contribution in [0.1, 0.15) is 37.6 Å². The molecule has 0 radical (unpaired) electrons. The highest BCUT2D eigenvalue weighted by atomic mass is 35.5. The molecule has 0 aliphatic rings. The first-order valence-electron chi connectivity index (χ1n) is 10.4. The Morgan fingerprint density at radius 3 is 2.59 bits per heavy atom. The number of aryl methyl sites for hydroxylation is 4. The van der Waals surface area contributed by atoms with E-state index in [1.807, 2.05) is 19.9 Å². The number of rotatable bonds is 9. The summed E-state index contributed by atoms with van der Waals surface area (Å²) in [6.45, 7) is 10.6. The Balaban J connectivity index is 1.99. The van der Waals surface area contributed by atoms with Gasteiger partial charge in [0.1, 0.15) is 15.6 Å². The second kappa shape index (κ2) is 10.3. The zero-order valence-electron chi connectivity index (χ0n) is 19.2. The highest BCUT2D eigenvalue weighted by Crippen LogP contribution is 2.34. The average molecular weight is 524 g/mol. The number of hydrogen-bond acceptors (Lipinski definition) is 8. The Kier molecular flexibility index (Phi) is 7.87. The summed E-state index contributed by atoms with van der Waals surface area (Å²) in [6, 6.07) is 3.76. The summed E-state index contributed by atoms with van der Waals surface area (Å²) >= 11 is 7.16. The number of sulfone groups is 1. The number of anilines is 2. The summed E-state index contributed by atoms with van der Waals surface area (Å²) in [7, 11) is -4.11. The maximum atomic E-state index is 13.6. The van der Waals surface area contributed by atoms with E-state index in [-0.39, 0.29) is 27.3 Å². The number of nitrogens with one attached hydrogen (secondary N) is 2. The number of thiophene rings is 1. The average Bonchev–Trinajstić information content (AvgIpc) is 3.31. The van der Waals surface area contributed by atoms with Crippen molar-refractivity contribution in [2.45, 2.75) is 44.4 Å². The molecule has 2 heterocycles. The lowest BCUT2D eigenvalue weighted by Gasteiger charge is -2.17. The summed E-state index contributed by atoms with van der Waals surface area (Å²) in [6.07, 6.45) is 1.56. The third-order valence-electron chi connectivity index (χ3n) is 5.25. The highest BCUT2D eigenvalue weighted by Gasteiger charge is 2.34. The van der Waals surface area contributed by atoms with Crippen molar-refractivity contribution in [3.63, 3.8) is 0 Å². The molecule has 182 valence electrons. The van der Waals surface area contributed by atoms with E-state index >= 15 is 0 Å². The van der Waals surface area contributed by atoms with E-state index in [2.05, 4.69) is 22.4 Å². The zero-order valence-corrected chi connectivity index (χ0v) is 21.6. The van der Waals surface area contributed by atoms with Gasteiger partial charge in [-0.2, -0.15) is 0 Å². The Morgan fingerprint density at radius 1 is 1.29 bits per heavy atom. The minimum absolute atomic E-state index is 0.00425. The lowest BCUT2D eigenvalue weighted by molar-refractivity contribution is 0.102. The first kappa shape index (κ1) is 26.0. The molecule has 0 saturated heterocycles. The normalized spacial score (nSPS) is 12.4. The molecule has 0 fully saturated rings. The standard InChI is InChI=1S/C23H26ClN3O5S2/c1-6-18(26-23-19(24)15(5)27-32-23)34(30,31)21-14(4)11-33-20(21)22(29)25-17-10-12(2)9-13(3)16(17)7-8-28/h6,9-11,18,26,28H,1,7-8H2,2-5H3,(H,25,29). The maximum Gasteiger partial charge on any atom is 0.267 e. The van der Waals surface area contributed by atoms with Crippen LogP contribution >= 0.6 is 22.9 Å². The van der Waals surface area contributed by atoms with E-state index < -0.39 is 21.1 Å². The van der Waals surface area contributed by atoms with Crippen molar-refractivity contribution in [1.29, 1.82) is 0 Å². The molecule has 3 N–H and O–H groups in total. The number of carbonyl (C=O) groups is 1. The summed E-state index contributed by atoms with van der Waals surface area (Å²) < 4.78 is 32.2. The molecule has 2 aromatic heterocycles. The lowest BCUT2D eigenvalue weighted by Crippen LogP contribution is -2.29. The molecule has 0 saturated carbocycles. The predicted octanol–water partition coefficient (Wildman–Crippen LogP) is 4.81. The largest absolute Gasteiger partial charge is 0.396 e. The quantitative estimate of drug-likeness (QED) is 0.344. The smallest absolute Gasteiger partial charge is 0.267 e. The second-order valence-corrected chi connectivity index (χ2v) is 11.1. The molecule has 1 unspecified atom stereocenters. The molecule has 0 aliphatic carbocycles. The number of benzene rings is 1. The molecular formula is C23H26ClN3O5S2. The van der Waals surface area contributed by atoms with Gasteiger partial charge in [-0.25, -0.2) is 8.42 Å². The summed E-state index contributed by atoms with van der Waals surface area (Å²) in [5.41, 5.74) is 4.02. The molecule has 8 nitrogen and oxygen atoms in total. The zero-order chi connectivity index (χ0) is 25.2. The molecule has 0 aliphatic heterocycles. The lowest BCUT2D eigenvalue weighted by atomic mass is 10.0. The molecule has 0 bridgehead atoms. The second-order valence-electron chi connectivity index (χ2n) is 7.87. The summed E-state index contributed by atoms with van der Waals surface area (Å²) in [5.74, 6) is -0.562.